The molecule has 0 radical (unpaired) electrons. The summed E-state index contributed by atoms with van der Waals surface area (Å²) in [5.41, 5.74) is -0.817. The number of amides is 1. The summed E-state index contributed by atoms with van der Waals surface area (Å²) in [6.45, 7) is 15.2. The van der Waals surface area contributed by atoms with E-state index in [0.717, 1.165) is 0 Å². The van der Waals surface area contributed by atoms with E-state index in [4.69, 9.17) is 4.74 Å². The molecule has 0 saturated heterocycles. The van der Waals surface area contributed by atoms with Crippen molar-refractivity contribution in [1.29, 1.82) is 0 Å². The number of carbonyl (C=O) groups excluding carboxylic acids is 1. The van der Waals surface area contributed by atoms with Crippen LogP contribution < -0.4 is 5.32 Å². The Kier molecular flexibility index (Phi) is 5.66. The Balaban J connectivity index is 4.70. The van der Waals surface area contributed by atoms with Gasteiger partial charge in [-0.3, -0.25) is 0 Å². The Morgan fingerprint density at radius 2 is 1.56 bits per heavy atom. The minimum absolute atomic E-state index is 0.131. The third kappa shape index (κ3) is 6.24. The standard InChI is InChI=1S/C14H29NO3/c1-9(2)10(11(16)13(3,4)5)15-12(17)18-14(6,7)8/h9-11,16H,1-8H3,(H,15,17)/t10-,11+/m1/s1. The predicted octanol–water partition coefficient (Wildman–Crippen LogP) is 2.94. The molecule has 0 aromatic carbocycles. The molecule has 0 rings (SSSR count). The predicted molar refractivity (Wildman–Crippen MR) is 73.5 cm³/mol. The van der Waals surface area contributed by atoms with E-state index in [-0.39, 0.29) is 17.4 Å². The highest BCUT2D eigenvalue weighted by Crippen LogP contribution is 2.25. The SMILES string of the molecule is CC(C)[C@@H](NC(=O)OC(C)(C)C)[C@H](O)C(C)(C)C. The van der Waals surface area contributed by atoms with Crippen molar-refractivity contribution in [2.45, 2.75) is 73.1 Å². The molecule has 2 atom stereocenters. The highest BCUT2D eigenvalue weighted by molar-refractivity contribution is 5.68. The van der Waals surface area contributed by atoms with Crippen LogP contribution in [0.5, 0.6) is 0 Å². The van der Waals surface area contributed by atoms with Crippen LogP contribution in [0.1, 0.15) is 55.4 Å². The Morgan fingerprint density at radius 1 is 1.11 bits per heavy atom. The van der Waals surface area contributed by atoms with Crippen LogP contribution in [0.3, 0.4) is 0 Å². The van der Waals surface area contributed by atoms with Gasteiger partial charge in [0.15, 0.2) is 0 Å². The van der Waals surface area contributed by atoms with Crippen molar-refractivity contribution in [3.63, 3.8) is 0 Å². The van der Waals surface area contributed by atoms with Gasteiger partial charge in [-0.15, -0.1) is 0 Å². The molecular weight excluding hydrogens is 230 g/mol. The van der Waals surface area contributed by atoms with Crippen LogP contribution in [-0.2, 0) is 4.74 Å². The molecule has 4 heteroatoms. The van der Waals surface area contributed by atoms with Gasteiger partial charge in [0.2, 0.25) is 0 Å². The van der Waals surface area contributed by atoms with Gasteiger partial charge in [0, 0.05) is 0 Å². The number of aliphatic hydroxyl groups excluding tert-OH is 1. The molecule has 1 amide bonds. The van der Waals surface area contributed by atoms with Crippen LogP contribution in [-0.4, -0.2) is 28.9 Å². The van der Waals surface area contributed by atoms with Crippen molar-refractivity contribution >= 4 is 6.09 Å². The Bertz CT molecular complexity index is 274. The Hall–Kier alpha value is -0.770. The number of alkyl carbamates (subject to hydrolysis) is 1. The summed E-state index contributed by atoms with van der Waals surface area (Å²) in [6, 6.07) is -0.320. The van der Waals surface area contributed by atoms with Crippen LogP contribution in [0, 0.1) is 11.3 Å². The summed E-state index contributed by atoms with van der Waals surface area (Å²) in [5, 5.41) is 13.1. The second kappa shape index (κ2) is 5.91. The number of hydrogen-bond acceptors (Lipinski definition) is 3. The van der Waals surface area contributed by atoms with Gasteiger partial charge in [-0.05, 0) is 32.1 Å². The molecule has 0 aliphatic heterocycles. The molecule has 0 aromatic heterocycles. The topological polar surface area (TPSA) is 58.6 Å². The van der Waals surface area contributed by atoms with Gasteiger partial charge in [0.05, 0.1) is 12.1 Å². The zero-order chi connectivity index (χ0) is 14.7. The Labute approximate surface area is 111 Å². The summed E-state index contributed by atoms with van der Waals surface area (Å²) in [6.07, 6.45) is -1.10. The molecule has 2 N–H and O–H groups in total. The van der Waals surface area contributed by atoms with E-state index in [0.29, 0.717) is 0 Å². The first-order valence-corrected chi connectivity index (χ1v) is 6.52. The number of ether oxygens (including phenoxy) is 1. The molecule has 108 valence electrons. The number of aliphatic hydroxyl groups is 1. The third-order valence-corrected chi connectivity index (χ3v) is 2.63. The molecule has 0 saturated carbocycles. The average Bonchev–Trinajstić information content (AvgIpc) is 2.08. The highest BCUT2D eigenvalue weighted by atomic mass is 16.6. The first-order valence-electron chi connectivity index (χ1n) is 6.52. The molecule has 0 aliphatic carbocycles. The molecule has 0 spiro atoms. The van der Waals surface area contributed by atoms with E-state index < -0.39 is 17.8 Å². The molecular formula is C14H29NO3. The van der Waals surface area contributed by atoms with Gasteiger partial charge in [-0.2, -0.15) is 0 Å². The van der Waals surface area contributed by atoms with E-state index >= 15 is 0 Å². The molecule has 0 heterocycles. The molecule has 18 heavy (non-hydrogen) atoms. The molecule has 0 bridgehead atoms. The molecule has 0 aromatic rings. The van der Waals surface area contributed by atoms with Gasteiger partial charge in [-0.25, -0.2) is 4.79 Å². The molecule has 0 fully saturated rings. The summed E-state index contributed by atoms with van der Waals surface area (Å²) in [4.78, 5) is 11.8. The second-order valence-electron chi connectivity index (χ2n) is 7.23. The van der Waals surface area contributed by atoms with Crippen molar-refractivity contribution in [3.05, 3.63) is 0 Å². The average molecular weight is 259 g/mol. The van der Waals surface area contributed by atoms with Crippen molar-refractivity contribution in [2.75, 3.05) is 0 Å². The zero-order valence-corrected chi connectivity index (χ0v) is 13.0. The van der Waals surface area contributed by atoms with Crippen LogP contribution in [0.15, 0.2) is 0 Å². The maximum atomic E-state index is 11.8. The molecule has 0 aliphatic rings. The summed E-state index contributed by atoms with van der Waals surface area (Å²) in [5.74, 6) is 0.131. The maximum Gasteiger partial charge on any atom is 0.407 e. The summed E-state index contributed by atoms with van der Waals surface area (Å²) < 4.78 is 5.22. The van der Waals surface area contributed by atoms with Crippen molar-refractivity contribution < 1.29 is 14.6 Å². The van der Waals surface area contributed by atoms with Crippen LogP contribution in [0.4, 0.5) is 4.79 Å². The number of hydrogen-bond donors (Lipinski definition) is 2. The normalized spacial score (nSPS) is 16.3. The lowest BCUT2D eigenvalue weighted by Gasteiger charge is -2.36. The van der Waals surface area contributed by atoms with Crippen LogP contribution >= 0.6 is 0 Å². The first-order chi connectivity index (χ1) is 7.84. The van der Waals surface area contributed by atoms with Gasteiger partial charge in [0.25, 0.3) is 0 Å². The fraction of sp³-hybridized carbons (Fsp3) is 0.929. The van der Waals surface area contributed by atoms with Gasteiger partial charge in [0.1, 0.15) is 5.60 Å². The van der Waals surface area contributed by atoms with Crippen molar-refractivity contribution in [2.24, 2.45) is 11.3 Å². The molecule has 0 unspecified atom stereocenters. The van der Waals surface area contributed by atoms with Gasteiger partial charge >= 0.3 is 6.09 Å². The van der Waals surface area contributed by atoms with E-state index in [1.165, 1.54) is 0 Å². The van der Waals surface area contributed by atoms with Crippen LogP contribution in [0.2, 0.25) is 0 Å². The van der Waals surface area contributed by atoms with E-state index in [1.807, 2.05) is 55.4 Å². The lowest BCUT2D eigenvalue weighted by molar-refractivity contribution is 0.00284. The Morgan fingerprint density at radius 3 is 1.83 bits per heavy atom. The monoisotopic (exact) mass is 259 g/mol. The quantitative estimate of drug-likeness (QED) is 0.819. The lowest BCUT2D eigenvalue weighted by Crippen LogP contribution is -2.52. The van der Waals surface area contributed by atoms with Crippen molar-refractivity contribution in [3.8, 4) is 0 Å². The number of carbonyl (C=O) groups is 1. The molecule has 4 nitrogen and oxygen atoms in total. The highest BCUT2D eigenvalue weighted by Gasteiger charge is 2.34. The first kappa shape index (κ1) is 17.2. The minimum atomic E-state index is -0.620. The summed E-state index contributed by atoms with van der Waals surface area (Å²) >= 11 is 0. The maximum absolute atomic E-state index is 11.8. The lowest BCUT2D eigenvalue weighted by atomic mass is 9.81. The van der Waals surface area contributed by atoms with E-state index in [1.54, 1.807) is 0 Å². The fourth-order valence-corrected chi connectivity index (χ4v) is 1.59. The minimum Gasteiger partial charge on any atom is -0.444 e. The van der Waals surface area contributed by atoms with Gasteiger partial charge < -0.3 is 15.2 Å². The third-order valence-electron chi connectivity index (χ3n) is 2.63. The van der Waals surface area contributed by atoms with Gasteiger partial charge in [-0.1, -0.05) is 34.6 Å². The van der Waals surface area contributed by atoms with Crippen molar-refractivity contribution in [1.82, 2.24) is 5.32 Å². The largest absolute Gasteiger partial charge is 0.444 e. The fourth-order valence-electron chi connectivity index (χ4n) is 1.59. The van der Waals surface area contributed by atoms with Crippen LogP contribution in [0.25, 0.3) is 0 Å². The number of nitrogens with one attached hydrogen (secondary N) is 1. The zero-order valence-electron chi connectivity index (χ0n) is 13.0. The summed E-state index contributed by atoms with van der Waals surface area (Å²) in [7, 11) is 0. The second-order valence-corrected chi connectivity index (χ2v) is 7.23. The van der Waals surface area contributed by atoms with E-state index in [2.05, 4.69) is 5.32 Å². The number of rotatable bonds is 3. The smallest absolute Gasteiger partial charge is 0.407 e. The van der Waals surface area contributed by atoms with E-state index in [9.17, 15) is 9.90 Å².